The first kappa shape index (κ1) is 13.0. The predicted octanol–water partition coefficient (Wildman–Crippen LogP) is 0.418. The number of hydrazine groups is 1. The van der Waals surface area contributed by atoms with Gasteiger partial charge in [-0.3, -0.25) is 4.79 Å². The highest BCUT2D eigenvalue weighted by molar-refractivity contribution is 5.97. The number of carbonyl (C=O) groups excluding carboxylic acids is 1. The van der Waals surface area contributed by atoms with Gasteiger partial charge in [0.1, 0.15) is 6.04 Å². The summed E-state index contributed by atoms with van der Waals surface area (Å²) in [6, 6.07) is 5.85. The van der Waals surface area contributed by atoms with Gasteiger partial charge in [0, 0.05) is 19.2 Å². The van der Waals surface area contributed by atoms with E-state index in [0.717, 1.165) is 16.8 Å². The fourth-order valence-corrected chi connectivity index (χ4v) is 2.25. The summed E-state index contributed by atoms with van der Waals surface area (Å²) < 4.78 is 0. The number of hydrogen-bond acceptors (Lipinski definition) is 4. The van der Waals surface area contributed by atoms with Gasteiger partial charge in [0.2, 0.25) is 5.91 Å². The van der Waals surface area contributed by atoms with Gasteiger partial charge in [-0.2, -0.15) is 0 Å². The van der Waals surface area contributed by atoms with Crippen LogP contribution < -0.4 is 21.5 Å². The van der Waals surface area contributed by atoms with E-state index in [2.05, 4.69) is 16.9 Å². The normalized spacial score (nSPS) is 23.1. The summed E-state index contributed by atoms with van der Waals surface area (Å²) in [6.45, 7) is 4.06. The van der Waals surface area contributed by atoms with Gasteiger partial charge in [-0.25, -0.2) is 10.9 Å². The van der Waals surface area contributed by atoms with E-state index < -0.39 is 0 Å². The Labute approximate surface area is 107 Å². The maximum Gasteiger partial charge on any atom is 0.245 e. The van der Waals surface area contributed by atoms with Crippen LogP contribution in [0, 0.1) is 13.8 Å². The van der Waals surface area contributed by atoms with Gasteiger partial charge >= 0.3 is 0 Å². The third-order valence-corrected chi connectivity index (χ3v) is 3.16. The van der Waals surface area contributed by atoms with E-state index in [-0.39, 0.29) is 18.1 Å². The molecule has 0 radical (unpaired) electrons. The van der Waals surface area contributed by atoms with Crippen LogP contribution in [0.15, 0.2) is 18.2 Å². The van der Waals surface area contributed by atoms with Crippen LogP contribution in [0.4, 0.5) is 5.69 Å². The maximum atomic E-state index is 12.3. The number of amides is 1. The Kier molecular flexibility index (Phi) is 3.65. The SMILES string of the molecule is Cc1cc(C)cc(N(C)C(=O)C2CC(N)NN2)c1. The van der Waals surface area contributed by atoms with Crippen LogP contribution in [-0.2, 0) is 4.79 Å². The molecule has 0 bridgehead atoms. The fourth-order valence-electron chi connectivity index (χ4n) is 2.25. The van der Waals surface area contributed by atoms with Crippen LogP contribution in [0.3, 0.4) is 0 Å². The van der Waals surface area contributed by atoms with E-state index in [9.17, 15) is 4.79 Å². The number of likely N-dealkylation sites (N-methyl/N-ethyl adjacent to an activating group) is 1. The lowest BCUT2D eigenvalue weighted by Gasteiger charge is -2.21. The second-order valence-electron chi connectivity index (χ2n) is 4.93. The third kappa shape index (κ3) is 2.69. The minimum absolute atomic E-state index is 0.0282. The molecule has 1 heterocycles. The number of benzene rings is 1. The average molecular weight is 248 g/mol. The van der Waals surface area contributed by atoms with Crippen molar-refractivity contribution < 1.29 is 4.79 Å². The fraction of sp³-hybridized carbons (Fsp3) is 0.462. The van der Waals surface area contributed by atoms with Crippen LogP contribution >= 0.6 is 0 Å². The number of nitrogens with two attached hydrogens (primary N) is 1. The summed E-state index contributed by atoms with van der Waals surface area (Å²) in [7, 11) is 1.79. The highest BCUT2D eigenvalue weighted by Gasteiger charge is 2.29. The molecule has 0 aromatic heterocycles. The number of rotatable bonds is 2. The summed E-state index contributed by atoms with van der Waals surface area (Å²) in [4.78, 5) is 14.0. The number of aryl methyl sites for hydroxylation is 2. The molecule has 0 spiro atoms. The molecule has 1 aliphatic heterocycles. The molecule has 98 valence electrons. The van der Waals surface area contributed by atoms with Crippen LogP contribution in [0.25, 0.3) is 0 Å². The van der Waals surface area contributed by atoms with E-state index in [1.54, 1.807) is 11.9 Å². The van der Waals surface area contributed by atoms with Crippen LogP contribution in [0.2, 0.25) is 0 Å². The van der Waals surface area contributed by atoms with Crippen molar-refractivity contribution in [2.75, 3.05) is 11.9 Å². The van der Waals surface area contributed by atoms with Gasteiger partial charge in [-0.1, -0.05) is 6.07 Å². The lowest BCUT2D eigenvalue weighted by Crippen LogP contribution is -2.44. The summed E-state index contributed by atoms with van der Waals surface area (Å²) in [5.74, 6) is 0.0282. The molecule has 1 fully saturated rings. The number of nitrogens with zero attached hydrogens (tertiary/aromatic N) is 1. The molecule has 1 aromatic rings. The van der Waals surface area contributed by atoms with Crippen LogP contribution in [0.5, 0.6) is 0 Å². The van der Waals surface area contributed by atoms with Gasteiger partial charge < -0.3 is 10.6 Å². The van der Waals surface area contributed by atoms with Crippen molar-refractivity contribution in [3.8, 4) is 0 Å². The second-order valence-corrected chi connectivity index (χ2v) is 4.93. The number of nitrogens with one attached hydrogen (secondary N) is 2. The largest absolute Gasteiger partial charge is 0.315 e. The molecule has 1 amide bonds. The lowest BCUT2D eigenvalue weighted by molar-refractivity contribution is -0.120. The van der Waals surface area contributed by atoms with E-state index in [4.69, 9.17) is 5.73 Å². The third-order valence-electron chi connectivity index (χ3n) is 3.16. The summed E-state index contributed by atoms with van der Waals surface area (Å²) in [5, 5.41) is 0. The Balaban J connectivity index is 2.15. The van der Waals surface area contributed by atoms with E-state index in [0.29, 0.717) is 6.42 Å². The Hall–Kier alpha value is -1.43. The quantitative estimate of drug-likeness (QED) is 0.709. The molecule has 18 heavy (non-hydrogen) atoms. The topological polar surface area (TPSA) is 70.4 Å². The number of hydrogen-bond donors (Lipinski definition) is 3. The van der Waals surface area contributed by atoms with E-state index in [1.807, 2.05) is 26.0 Å². The van der Waals surface area contributed by atoms with Crippen molar-refractivity contribution in [3.05, 3.63) is 29.3 Å². The molecule has 1 aliphatic rings. The standard InChI is InChI=1S/C13H20N4O/c1-8-4-9(2)6-10(5-8)17(3)13(18)11-7-12(14)16-15-11/h4-6,11-12,15-16H,7,14H2,1-3H3. The minimum Gasteiger partial charge on any atom is -0.315 e. The van der Waals surface area contributed by atoms with Crippen molar-refractivity contribution in [2.45, 2.75) is 32.5 Å². The Morgan fingerprint density at radius 2 is 1.89 bits per heavy atom. The molecule has 2 atom stereocenters. The van der Waals surface area contributed by atoms with Gasteiger partial charge in [0.05, 0.1) is 6.17 Å². The van der Waals surface area contributed by atoms with Crippen molar-refractivity contribution in [3.63, 3.8) is 0 Å². The van der Waals surface area contributed by atoms with Gasteiger partial charge in [0.25, 0.3) is 0 Å². The molecule has 2 rings (SSSR count). The van der Waals surface area contributed by atoms with Crippen molar-refractivity contribution >= 4 is 11.6 Å². The van der Waals surface area contributed by atoms with Crippen molar-refractivity contribution in [1.29, 1.82) is 0 Å². The molecule has 0 aliphatic carbocycles. The van der Waals surface area contributed by atoms with Gasteiger partial charge in [0.15, 0.2) is 0 Å². The Bertz CT molecular complexity index is 440. The first-order valence-corrected chi connectivity index (χ1v) is 6.10. The summed E-state index contributed by atoms with van der Waals surface area (Å²) in [6.07, 6.45) is 0.445. The molecular weight excluding hydrogens is 228 g/mol. The zero-order chi connectivity index (χ0) is 13.3. The van der Waals surface area contributed by atoms with Crippen molar-refractivity contribution in [2.24, 2.45) is 5.73 Å². The first-order chi connectivity index (χ1) is 8.47. The monoisotopic (exact) mass is 248 g/mol. The van der Waals surface area contributed by atoms with Crippen molar-refractivity contribution in [1.82, 2.24) is 10.9 Å². The number of anilines is 1. The first-order valence-electron chi connectivity index (χ1n) is 6.10. The molecule has 5 nitrogen and oxygen atoms in total. The molecule has 5 heteroatoms. The lowest BCUT2D eigenvalue weighted by atomic mass is 10.1. The zero-order valence-corrected chi connectivity index (χ0v) is 11.0. The molecular formula is C13H20N4O. The summed E-state index contributed by atoms with van der Waals surface area (Å²) in [5.41, 5.74) is 14.7. The van der Waals surface area contributed by atoms with E-state index >= 15 is 0 Å². The maximum absolute atomic E-state index is 12.3. The highest BCUT2D eigenvalue weighted by atomic mass is 16.2. The van der Waals surface area contributed by atoms with Crippen LogP contribution in [-0.4, -0.2) is 25.2 Å². The number of carbonyl (C=O) groups is 1. The van der Waals surface area contributed by atoms with E-state index in [1.165, 1.54) is 0 Å². The molecule has 1 saturated heterocycles. The smallest absolute Gasteiger partial charge is 0.245 e. The molecule has 2 unspecified atom stereocenters. The average Bonchev–Trinajstić information content (AvgIpc) is 2.72. The van der Waals surface area contributed by atoms with Gasteiger partial charge in [-0.05, 0) is 37.1 Å². The molecule has 4 N–H and O–H groups in total. The van der Waals surface area contributed by atoms with Crippen LogP contribution in [0.1, 0.15) is 17.5 Å². The zero-order valence-electron chi connectivity index (χ0n) is 11.0. The molecule has 0 saturated carbocycles. The highest BCUT2D eigenvalue weighted by Crippen LogP contribution is 2.19. The predicted molar refractivity (Wildman–Crippen MR) is 72.0 cm³/mol. The minimum atomic E-state index is -0.259. The van der Waals surface area contributed by atoms with Gasteiger partial charge in [-0.15, -0.1) is 0 Å². The second kappa shape index (κ2) is 5.06. The molecule has 1 aromatic carbocycles. The summed E-state index contributed by atoms with van der Waals surface area (Å²) >= 11 is 0. The Morgan fingerprint density at radius 3 is 2.39 bits per heavy atom. The Morgan fingerprint density at radius 1 is 1.28 bits per heavy atom.